The number of hydrogen-bond donors (Lipinski definition) is 0. The molecule has 2 heteroatoms. The Bertz CT molecular complexity index is 577. The van der Waals surface area contributed by atoms with E-state index in [1.807, 2.05) is 24.3 Å². The molecule has 2 nitrogen and oxygen atoms in total. The minimum atomic E-state index is 0.192. The van der Waals surface area contributed by atoms with Crippen molar-refractivity contribution in [1.82, 2.24) is 0 Å². The number of nitriles is 1. The standard InChI is InChI=1S/C21H29NO/c1-15(2)18-9-11-21(3,4)14-19(18)20(23)13-17-7-5-16(6-8-17)10-12-22/h5-8,15,18-19H,9-11,13-14H2,1-4H3. The molecule has 0 spiro atoms. The second kappa shape index (κ2) is 7.30. The fourth-order valence-corrected chi connectivity index (χ4v) is 3.96. The van der Waals surface area contributed by atoms with Crippen LogP contribution in [0.15, 0.2) is 24.3 Å². The molecule has 2 atom stereocenters. The molecule has 124 valence electrons. The molecule has 0 N–H and O–H groups in total. The fraction of sp³-hybridized carbons (Fsp3) is 0.619. The molecular weight excluding hydrogens is 282 g/mol. The summed E-state index contributed by atoms with van der Waals surface area (Å²) < 4.78 is 0. The van der Waals surface area contributed by atoms with Gasteiger partial charge in [-0.1, -0.05) is 52.0 Å². The second-order valence-corrected chi connectivity index (χ2v) is 8.22. The zero-order valence-corrected chi connectivity index (χ0v) is 14.9. The SMILES string of the molecule is CC(C)C1CCC(C)(C)CC1C(=O)Cc1ccc(CC#N)cc1. The van der Waals surface area contributed by atoms with Gasteiger partial charge in [0.15, 0.2) is 0 Å². The summed E-state index contributed by atoms with van der Waals surface area (Å²) in [5.74, 6) is 1.67. The summed E-state index contributed by atoms with van der Waals surface area (Å²) in [5, 5.41) is 8.73. The third kappa shape index (κ3) is 4.67. The van der Waals surface area contributed by atoms with Crippen molar-refractivity contribution in [2.24, 2.45) is 23.2 Å². The molecule has 1 aliphatic rings. The van der Waals surface area contributed by atoms with Crippen LogP contribution in [0.2, 0.25) is 0 Å². The molecule has 1 aromatic carbocycles. The minimum absolute atomic E-state index is 0.192. The zero-order valence-electron chi connectivity index (χ0n) is 14.9. The van der Waals surface area contributed by atoms with Crippen molar-refractivity contribution in [3.05, 3.63) is 35.4 Å². The van der Waals surface area contributed by atoms with Crippen LogP contribution in [0, 0.1) is 34.5 Å². The molecule has 2 rings (SSSR count). The number of carbonyl (C=O) groups excluding carboxylic acids is 1. The van der Waals surface area contributed by atoms with Gasteiger partial charge in [-0.2, -0.15) is 5.26 Å². The summed E-state index contributed by atoms with van der Waals surface area (Å²) in [6.45, 7) is 9.08. The molecular formula is C21H29NO. The second-order valence-electron chi connectivity index (χ2n) is 8.22. The van der Waals surface area contributed by atoms with E-state index in [1.165, 1.54) is 12.8 Å². The molecule has 2 unspecified atom stereocenters. The minimum Gasteiger partial charge on any atom is -0.299 e. The molecule has 0 aromatic heterocycles. The van der Waals surface area contributed by atoms with E-state index in [-0.39, 0.29) is 11.3 Å². The first-order valence-electron chi connectivity index (χ1n) is 8.80. The van der Waals surface area contributed by atoms with E-state index in [0.29, 0.717) is 30.5 Å². The summed E-state index contributed by atoms with van der Waals surface area (Å²) in [5.41, 5.74) is 2.37. The van der Waals surface area contributed by atoms with Gasteiger partial charge in [-0.15, -0.1) is 0 Å². The largest absolute Gasteiger partial charge is 0.299 e. The Labute approximate surface area is 140 Å². The maximum absolute atomic E-state index is 12.9. The van der Waals surface area contributed by atoms with E-state index >= 15 is 0 Å². The number of carbonyl (C=O) groups is 1. The van der Waals surface area contributed by atoms with Crippen LogP contribution in [-0.4, -0.2) is 5.78 Å². The van der Waals surface area contributed by atoms with Gasteiger partial charge in [0, 0.05) is 12.3 Å². The highest BCUT2D eigenvalue weighted by atomic mass is 16.1. The maximum atomic E-state index is 12.9. The summed E-state index contributed by atoms with van der Waals surface area (Å²) >= 11 is 0. The molecule has 0 bridgehead atoms. The Morgan fingerprint density at radius 3 is 2.43 bits per heavy atom. The number of ketones is 1. The predicted molar refractivity (Wildman–Crippen MR) is 93.9 cm³/mol. The van der Waals surface area contributed by atoms with Crippen molar-refractivity contribution in [2.75, 3.05) is 0 Å². The van der Waals surface area contributed by atoms with Crippen molar-refractivity contribution in [3.8, 4) is 6.07 Å². The normalized spacial score (nSPS) is 23.5. The Morgan fingerprint density at radius 2 is 1.87 bits per heavy atom. The third-order valence-corrected chi connectivity index (χ3v) is 5.40. The van der Waals surface area contributed by atoms with E-state index in [0.717, 1.165) is 17.5 Å². The molecule has 0 heterocycles. The van der Waals surface area contributed by atoms with Crippen molar-refractivity contribution in [1.29, 1.82) is 5.26 Å². The number of benzene rings is 1. The van der Waals surface area contributed by atoms with E-state index < -0.39 is 0 Å². The van der Waals surface area contributed by atoms with Crippen molar-refractivity contribution in [2.45, 2.75) is 59.8 Å². The monoisotopic (exact) mass is 311 g/mol. The highest BCUT2D eigenvalue weighted by Crippen LogP contribution is 2.45. The lowest BCUT2D eigenvalue weighted by molar-refractivity contribution is -0.127. The van der Waals surface area contributed by atoms with Gasteiger partial charge in [0.25, 0.3) is 0 Å². The van der Waals surface area contributed by atoms with Gasteiger partial charge < -0.3 is 0 Å². The molecule has 0 aliphatic heterocycles. The first kappa shape index (κ1) is 17.7. The topological polar surface area (TPSA) is 40.9 Å². The van der Waals surface area contributed by atoms with Gasteiger partial charge in [0.1, 0.15) is 5.78 Å². The van der Waals surface area contributed by atoms with Crippen LogP contribution in [0.25, 0.3) is 0 Å². The lowest BCUT2D eigenvalue weighted by Crippen LogP contribution is -2.37. The lowest BCUT2D eigenvalue weighted by Gasteiger charge is -2.42. The molecule has 1 aliphatic carbocycles. The Hall–Kier alpha value is -1.62. The van der Waals surface area contributed by atoms with Gasteiger partial charge in [-0.3, -0.25) is 4.79 Å². The number of rotatable bonds is 5. The molecule has 1 aromatic rings. The third-order valence-electron chi connectivity index (χ3n) is 5.40. The Morgan fingerprint density at radius 1 is 1.26 bits per heavy atom. The van der Waals surface area contributed by atoms with Crippen molar-refractivity contribution >= 4 is 5.78 Å². The van der Waals surface area contributed by atoms with Crippen LogP contribution in [0.3, 0.4) is 0 Å². The number of hydrogen-bond acceptors (Lipinski definition) is 2. The van der Waals surface area contributed by atoms with Gasteiger partial charge in [0.05, 0.1) is 12.5 Å². The maximum Gasteiger partial charge on any atom is 0.140 e. The van der Waals surface area contributed by atoms with E-state index in [9.17, 15) is 4.79 Å². The summed E-state index contributed by atoms with van der Waals surface area (Å²) in [7, 11) is 0. The van der Waals surface area contributed by atoms with Crippen molar-refractivity contribution in [3.63, 3.8) is 0 Å². The van der Waals surface area contributed by atoms with Crippen molar-refractivity contribution < 1.29 is 4.79 Å². The first-order chi connectivity index (χ1) is 10.8. The van der Waals surface area contributed by atoms with Crippen LogP contribution < -0.4 is 0 Å². The summed E-state index contributed by atoms with van der Waals surface area (Å²) in [6, 6.07) is 10.1. The van der Waals surface area contributed by atoms with Crippen LogP contribution in [0.4, 0.5) is 0 Å². The van der Waals surface area contributed by atoms with Crippen LogP contribution >= 0.6 is 0 Å². The van der Waals surface area contributed by atoms with Crippen LogP contribution in [0.1, 0.15) is 58.1 Å². The smallest absolute Gasteiger partial charge is 0.140 e. The highest BCUT2D eigenvalue weighted by Gasteiger charge is 2.39. The summed E-state index contributed by atoms with van der Waals surface area (Å²) in [6.07, 6.45) is 4.36. The number of Topliss-reactive ketones (excluding diaryl/α,β-unsaturated/α-hetero) is 1. The average molecular weight is 311 g/mol. The number of nitrogens with zero attached hydrogens (tertiary/aromatic N) is 1. The van der Waals surface area contributed by atoms with E-state index in [2.05, 4.69) is 33.8 Å². The zero-order chi connectivity index (χ0) is 17.0. The molecule has 1 saturated carbocycles. The van der Waals surface area contributed by atoms with Crippen LogP contribution in [-0.2, 0) is 17.6 Å². The van der Waals surface area contributed by atoms with Crippen LogP contribution in [0.5, 0.6) is 0 Å². The quantitative estimate of drug-likeness (QED) is 0.771. The molecule has 0 amide bonds. The van der Waals surface area contributed by atoms with Gasteiger partial charge in [0.2, 0.25) is 0 Å². The predicted octanol–water partition coefficient (Wildman–Crippen LogP) is 4.96. The van der Waals surface area contributed by atoms with E-state index in [4.69, 9.17) is 5.26 Å². The highest BCUT2D eigenvalue weighted by molar-refractivity contribution is 5.83. The van der Waals surface area contributed by atoms with Gasteiger partial charge >= 0.3 is 0 Å². The van der Waals surface area contributed by atoms with Gasteiger partial charge in [-0.05, 0) is 47.6 Å². The molecule has 23 heavy (non-hydrogen) atoms. The molecule has 0 radical (unpaired) electrons. The Kier molecular flexibility index (Phi) is 5.63. The lowest BCUT2D eigenvalue weighted by atomic mass is 9.62. The van der Waals surface area contributed by atoms with E-state index in [1.54, 1.807) is 0 Å². The first-order valence-corrected chi connectivity index (χ1v) is 8.80. The Balaban J connectivity index is 2.09. The summed E-state index contributed by atoms with van der Waals surface area (Å²) in [4.78, 5) is 12.9. The fourth-order valence-electron chi connectivity index (χ4n) is 3.96. The average Bonchev–Trinajstić information content (AvgIpc) is 2.48. The van der Waals surface area contributed by atoms with Gasteiger partial charge in [-0.25, -0.2) is 0 Å². The molecule has 1 fully saturated rings. The molecule has 0 saturated heterocycles.